The molecule has 1 aromatic rings. The van der Waals surface area contributed by atoms with Crippen molar-refractivity contribution < 1.29 is 37.7 Å². The predicted molar refractivity (Wildman–Crippen MR) is 137 cm³/mol. The van der Waals surface area contributed by atoms with Crippen LogP contribution in [0.25, 0.3) is 0 Å². The number of amides is 1. The zero-order valence-corrected chi connectivity index (χ0v) is 22.3. The van der Waals surface area contributed by atoms with Crippen molar-refractivity contribution in [2.24, 2.45) is 10.2 Å². The van der Waals surface area contributed by atoms with Crippen molar-refractivity contribution in [3.05, 3.63) is 42.0 Å². The lowest BCUT2D eigenvalue weighted by molar-refractivity contribution is -0.166. The molecule has 11 heteroatoms. The number of nitrogens with one attached hydrogen (secondary N) is 1. The summed E-state index contributed by atoms with van der Waals surface area (Å²) in [4.78, 5) is 11.8. The van der Waals surface area contributed by atoms with Gasteiger partial charge in [0.15, 0.2) is 0 Å². The van der Waals surface area contributed by atoms with Crippen molar-refractivity contribution >= 4 is 6.09 Å². The average molecular weight is 544 g/mol. The first-order valence-corrected chi connectivity index (χ1v) is 13.1. The maximum absolute atomic E-state index is 13.0. The van der Waals surface area contributed by atoms with E-state index in [1.165, 1.54) is 24.3 Å². The molecule has 2 unspecified atom stereocenters. The van der Waals surface area contributed by atoms with Crippen molar-refractivity contribution in [1.82, 2.24) is 5.32 Å². The molecule has 2 rings (SSSR count). The Labute approximate surface area is 222 Å². The minimum absolute atomic E-state index is 0.00595. The van der Waals surface area contributed by atoms with Crippen LogP contribution in [0.5, 0.6) is 5.75 Å². The van der Waals surface area contributed by atoms with Crippen molar-refractivity contribution in [2.45, 2.75) is 102 Å². The van der Waals surface area contributed by atoms with E-state index < -0.39 is 42.3 Å². The van der Waals surface area contributed by atoms with Gasteiger partial charge in [-0.15, -0.1) is 10.2 Å². The third-order valence-corrected chi connectivity index (χ3v) is 5.88. The van der Waals surface area contributed by atoms with Gasteiger partial charge in [0, 0.05) is 5.56 Å². The minimum atomic E-state index is -4.53. The van der Waals surface area contributed by atoms with Gasteiger partial charge in [0.1, 0.15) is 11.4 Å². The van der Waals surface area contributed by atoms with E-state index in [0.29, 0.717) is 12.4 Å². The fraction of sp³-hybridized carbons (Fsp3) is 0.667. The van der Waals surface area contributed by atoms with E-state index in [-0.39, 0.29) is 5.56 Å². The number of carbonyl (C=O) groups is 1. The summed E-state index contributed by atoms with van der Waals surface area (Å²) in [5, 5.41) is 28.5. The third-order valence-electron chi connectivity index (χ3n) is 5.88. The molecule has 0 radical (unpaired) electrons. The molecule has 0 aromatic heterocycles. The van der Waals surface area contributed by atoms with Crippen LogP contribution in [0.15, 0.2) is 46.6 Å². The highest BCUT2D eigenvalue weighted by molar-refractivity contribution is 5.68. The van der Waals surface area contributed by atoms with Crippen LogP contribution in [-0.2, 0) is 10.4 Å². The molecule has 1 aliphatic heterocycles. The molecule has 0 saturated carbocycles. The van der Waals surface area contributed by atoms with Gasteiger partial charge in [-0.05, 0) is 52.2 Å². The maximum atomic E-state index is 13.0. The highest BCUT2D eigenvalue weighted by Crippen LogP contribution is 2.52. The van der Waals surface area contributed by atoms with Crippen LogP contribution in [0, 0.1) is 0 Å². The number of halogens is 3. The first kappa shape index (κ1) is 31.6. The number of aliphatic hydroxyl groups is 2. The van der Waals surface area contributed by atoms with Gasteiger partial charge in [-0.1, -0.05) is 56.4 Å². The molecule has 0 saturated heterocycles. The number of ether oxygens (including phenoxy) is 2. The SMILES string of the molecule is CC(C)(C)OC(=O)NC(CO)C(O)/C=C/CCCCCCCCCOc1ccc(C2(C(F)(F)F)N=N2)cc1. The van der Waals surface area contributed by atoms with Gasteiger partial charge in [-0.3, -0.25) is 0 Å². The number of nitrogens with zero attached hydrogens (tertiary/aromatic N) is 2. The Balaban J connectivity index is 1.48. The molecule has 0 aliphatic carbocycles. The van der Waals surface area contributed by atoms with Crippen LogP contribution in [-0.4, -0.2) is 53.4 Å². The number of unbranched alkanes of at least 4 members (excludes halogenated alkanes) is 7. The summed E-state index contributed by atoms with van der Waals surface area (Å²) in [6.45, 7) is 5.30. The minimum Gasteiger partial charge on any atom is -0.494 e. The van der Waals surface area contributed by atoms with Crippen LogP contribution >= 0.6 is 0 Å². The summed E-state index contributed by atoms with van der Waals surface area (Å²) < 4.78 is 49.8. The van der Waals surface area contributed by atoms with Gasteiger partial charge >= 0.3 is 17.9 Å². The number of allylic oxidation sites excluding steroid dienone is 1. The summed E-state index contributed by atoms with van der Waals surface area (Å²) in [7, 11) is 0. The molecule has 8 nitrogen and oxygen atoms in total. The lowest BCUT2D eigenvalue weighted by Crippen LogP contribution is -2.47. The Morgan fingerprint density at radius 2 is 1.61 bits per heavy atom. The highest BCUT2D eigenvalue weighted by atomic mass is 19.4. The zero-order chi connectivity index (χ0) is 28.2. The van der Waals surface area contributed by atoms with E-state index in [4.69, 9.17) is 9.47 Å². The van der Waals surface area contributed by atoms with Crippen molar-refractivity contribution in [3.8, 4) is 5.75 Å². The van der Waals surface area contributed by atoms with Gasteiger partial charge in [0.25, 0.3) is 0 Å². The number of hydrogen-bond donors (Lipinski definition) is 3. The summed E-state index contributed by atoms with van der Waals surface area (Å²) in [5.74, 6) is 0.524. The molecule has 1 aromatic carbocycles. The lowest BCUT2D eigenvalue weighted by Gasteiger charge is -2.24. The smallest absolute Gasteiger partial charge is 0.442 e. The molecule has 1 amide bonds. The Hall–Kier alpha value is -2.66. The second-order valence-corrected chi connectivity index (χ2v) is 10.4. The molecule has 0 fully saturated rings. The zero-order valence-electron chi connectivity index (χ0n) is 22.3. The van der Waals surface area contributed by atoms with E-state index in [0.717, 1.165) is 51.4 Å². The fourth-order valence-electron chi connectivity index (χ4n) is 3.73. The topological polar surface area (TPSA) is 113 Å². The number of aliphatic hydroxyl groups excluding tert-OH is 2. The largest absolute Gasteiger partial charge is 0.494 e. The number of hydrogen-bond acceptors (Lipinski definition) is 7. The van der Waals surface area contributed by atoms with Crippen LogP contribution in [0.3, 0.4) is 0 Å². The summed E-state index contributed by atoms with van der Waals surface area (Å²) in [5.41, 5.74) is -3.06. The van der Waals surface area contributed by atoms with E-state index in [9.17, 15) is 28.2 Å². The first-order valence-electron chi connectivity index (χ1n) is 13.1. The van der Waals surface area contributed by atoms with E-state index in [1.807, 2.05) is 6.08 Å². The van der Waals surface area contributed by atoms with Gasteiger partial charge in [0.05, 0.1) is 25.4 Å². The molecule has 38 heavy (non-hydrogen) atoms. The monoisotopic (exact) mass is 543 g/mol. The fourth-order valence-corrected chi connectivity index (χ4v) is 3.73. The van der Waals surface area contributed by atoms with E-state index in [1.54, 1.807) is 26.8 Å². The molecular weight excluding hydrogens is 503 g/mol. The molecule has 214 valence electrons. The lowest BCUT2D eigenvalue weighted by atomic mass is 10.0. The Bertz CT molecular complexity index is 908. The number of carbonyl (C=O) groups excluding carboxylic acids is 1. The van der Waals surface area contributed by atoms with Crippen LogP contribution in [0.1, 0.15) is 77.7 Å². The summed E-state index contributed by atoms with van der Waals surface area (Å²) in [6.07, 6.45) is 5.17. The number of benzene rings is 1. The average Bonchev–Trinajstić information content (AvgIpc) is 3.65. The maximum Gasteiger partial charge on any atom is 0.442 e. The molecule has 1 heterocycles. The van der Waals surface area contributed by atoms with Crippen molar-refractivity contribution in [3.63, 3.8) is 0 Å². The van der Waals surface area contributed by atoms with Crippen LogP contribution in [0.2, 0.25) is 0 Å². The van der Waals surface area contributed by atoms with Gasteiger partial charge in [-0.25, -0.2) is 4.79 Å². The second kappa shape index (κ2) is 14.5. The molecule has 0 spiro atoms. The Kier molecular flexibility index (Phi) is 12.0. The first-order chi connectivity index (χ1) is 17.9. The molecule has 2 atom stereocenters. The van der Waals surface area contributed by atoms with Gasteiger partial charge in [-0.2, -0.15) is 13.2 Å². The second-order valence-electron chi connectivity index (χ2n) is 10.4. The Morgan fingerprint density at radius 1 is 1.03 bits per heavy atom. The van der Waals surface area contributed by atoms with Crippen molar-refractivity contribution in [1.29, 1.82) is 0 Å². The number of alkyl halides is 3. The summed E-state index contributed by atoms with van der Waals surface area (Å²) >= 11 is 0. The molecule has 3 N–H and O–H groups in total. The number of rotatable bonds is 16. The van der Waals surface area contributed by atoms with Gasteiger partial charge in [0.2, 0.25) is 0 Å². The molecule has 1 aliphatic rings. The number of alkyl carbamates (subject to hydrolysis) is 1. The molecule has 0 bridgehead atoms. The van der Waals surface area contributed by atoms with Crippen molar-refractivity contribution in [2.75, 3.05) is 13.2 Å². The standard InChI is InChI=1S/C27H40F3N3O5/c1-25(2,3)38-24(36)31-22(19-34)23(35)13-11-9-7-5-4-6-8-10-12-18-37-21-16-14-20(15-17-21)26(32-33-26)27(28,29)30/h11,13-17,22-23,34-35H,4-10,12,18-19H2,1-3H3,(H,31,36)/b13-11+. The van der Waals surface area contributed by atoms with Gasteiger partial charge < -0.3 is 25.0 Å². The normalized spacial score (nSPS) is 16.3. The predicted octanol–water partition coefficient (Wildman–Crippen LogP) is 6.17. The Morgan fingerprint density at radius 3 is 2.13 bits per heavy atom. The van der Waals surface area contributed by atoms with E-state index in [2.05, 4.69) is 15.5 Å². The third kappa shape index (κ3) is 10.6. The quantitative estimate of drug-likeness (QED) is 0.171. The highest BCUT2D eigenvalue weighted by Gasteiger charge is 2.65. The summed E-state index contributed by atoms with van der Waals surface area (Å²) in [6, 6.07) is 4.90. The van der Waals surface area contributed by atoms with E-state index >= 15 is 0 Å². The molecular formula is C27H40F3N3O5. The van der Waals surface area contributed by atoms with Crippen LogP contribution in [0.4, 0.5) is 18.0 Å². The van der Waals surface area contributed by atoms with Crippen LogP contribution < -0.4 is 10.1 Å².